The molecule has 0 aliphatic carbocycles. The summed E-state index contributed by atoms with van der Waals surface area (Å²) >= 11 is 5.87. The molecule has 3 aromatic carbocycles. The number of oxazole rings is 1. The molecule has 0 fully saturated rings. The highest BCUT2D eigenvalue weighted by molar-refractivity contribution is 6.30. The summed E-state index contributed by atoms with van der Waals surface area (Å²) in [4.78, 5) is 28.9. The fourth-order valence-corrected chi connectivity index (χ4v) is 4.12. The molecule has 0 aliphatic heterocycles. The number of allylic oxidation sites excluding steroid dienone is 2. The number of hydrogen-bond donors (Lipinski definition) is 2. The number of carbonyl (C=O) groups is 2. The SMILES string of the molecule is C/C(=C/C(=O)c1ccc(Cl)cc1)N[C@@H](Cc1ccc(OCCc2nc(-c3ccccc3)oc2C)cc1)C(=O)O. The summed E-state index contributed by atoms with van der Waals surface area (Å²) in [7, 11) is 0. The predicted octanol–water partition coefficient (Wildman–Crippen LogP) is 6.30. The van der Waals surface area contributed by atoms with E-state index in [0.29, 0.717) is 41.0 Å². The van der Waals surface area contributed by atoms with E-state index in [1.165, 1.54) is 6.08 Å². The van der Waals surface area contributed by atoms with Crippen LogP contribution in [0, 0.1) is 6.92 Å². The van der Waals surface area contributed by atoms with E-state index in [-0.39, 0.29) is 12.2 Å². The monoisotopic (exact) mass is 544 g/mol. The normalized spacial score (nSPS) is 12.1. The average molecular weight is 545 g/mol. The first-order valence-electron chi connectivity index (χ1n) is 12.5. The summed E-state index contributed by atoms with van der Waals surface area (Å²) in [5, 5.41) is 13.2. The van der Waals surface area contributed by atoms with Crippen molar-refractivity contribution < 1.29 is 23.8 Å². The van der Waals surface area contributed by atoms with Crippen molar-refractivity contribution in [1.29, 1.82) is 0 Å². The molecule has 39 heavy (non-hydrogen) atoms. The fourth-order valence-electron chi connectivity index (χ4n) is 4.00. The van der Waals surface area contributed by atoms with Crippen molar-refractivity contribution in [2.24, 2.45) is 0 Å². The number of carboxylic acid groups (broad SMARTS) is 1. The van der Waals surface area contributed by atoms with Gasteiger partial charge in [-0.25, -0.2) is 9.78 Å². The lowest BCUT2D eigenvalue weighted by atomic mass is 10.1. The molecular weight excluding hydrogens is 516 g/mol. The molecule has 1 aromatic heterocycles. The quantitative estimate of drug-likeness (QED) is 0.159. The standard InChI is InChI=1S/C31H29ClN2O5/c1-20(18-29(35)23-10-12-25(32)13-11-23)33-28(31(36)37)19-22-8-14-26(15-9-22)38-17-16-27-21(2)39-30(34-27)24-6-4-3-5-7-24/h3-15,18,28,33H,16-17,19H2,1-2H3,(H,36,37)/b20-18-/t28-/m0/s1. The van der Waals surface area contributed by atoms with Crippen LogP contribution in [0.4, 0.5) is 0 Å². The van der Waals surface area contributed by atoms with Gasteiger partial charge in [0.2, 0.25) is 5.89 Å². The summed E-state index contributed by atoms with van der Waals surface area (Å²) in [6.07, 6.45) is 2.21. The van der Waals surface area contributed by atoms with Crippen molar-refractivity contribution in [1.82, 2.24) is 10.3 Å². The topological polar surface area (TPSA) is 102 Å². The van der Waals surface area contributed by atoms with Crippen molar-refractivity contribution in [2.45, 2.75) is 32.7 Å². The zero-order chi connectivity index (χ0) is 27.8. The molecule has 1 atom stereocenters. The Bertz CT molecular complexity index is 1440. The minimum Gasteiger partial charge on any atom is -0.493 e. The van der Waals surface area contributed by atoms with Gasteiger partial charge in [-0.1, -0.05) is 41.9 Å². The summed E-state index contributed by atoms with van der Waals surface area (Å²) in [5.41, 5.74) is 3.52. The number of hydrogen-bond acceptors (Lipinski definition) is 6. The molecule has 2 N–H and O–H groups in total. The lowest BCUT2D eigenvalue weighted by molar-refractivity contribution is -0.139. The Balaban J connectivity index is 1.30. The minimum atomic E-state index is -1.01. The Hall–Kier alpha value is -4.36. The van der Waals surface area contributed by atoms with E-state index in [1.807, 2.05) is 61.5 Å². The van der Waals surface area contributed by atoms with Crippen molar-refractivity contribution in [2.75, 3.05) is 6.61 Å². The third kappa shape index (κ3) is 7.82. The second-order valence-electron chi connectivity index (χ2n) is 9.07. The maximum absolute atomic E-state index is 12.4. The van der Waals surface area contributed by atoms with Crippen LogP contribution in [0.5, 0.6) is 5.75 Å². The molecular formula is C31H29ClN2O5. The van der Waals surface area contributed by atoms with Crippen LogP contribution >= 0.6 is 11.6 Å². The maximum Gasteiger partial charge on any atom is 0.326 e. The van der Waals surface area contributed by atoms with Crippen LogP contribution in [-0.2, 0) is 17.6 Å². The van der Waals surface area contributed by atoms with Gasteiger partial charge in [0.25, 0.3) is 0 Å². The number of carboxylic acids is 1. The number of aryl methyl sites for hydroxylation is 1. The second kappa shape index (κ2) is 12.9. The highest BCUT2D eigenvalue weighted by atomic mass is 35.5. The van der Waals surface area contributed by atoms with Crippen LogP contribution in [0.15, 0.2) is 95.1 Å². The van der Waals surface area contributed by atoms with Gasteiger partial charge in [0.15, 0.2) is 5.78 Å². The molecule has 4 aromatic rings. The number of rotatable bonds is 12. The van der Waals surface area contributed by atoms with Gasteiger partial charge in [-0.05, 0) is 67.9 Å². The molecule has 8 heteroatoms. The number of aromatic nitrogens is 1. The van der Waals surface area contributed by atoms with Gasteiger partial charge in [0, 0.05) is 40.8 Å². The van der Waals surface area contributed by atoms with E-state index in [0.717, 1.165) is 22.6 Å². The summed E-state index contributed by atoms with van der Waals surface area (Å²) in [5.74, 6) is 0.777. The van der Waals surface area contributed by atoms with Crippen LogP contribution in [0.2, 0.25) is 5.02 Å². The Morgan fingerprint density at radius 1 is 1.05 bits per heavy atom. The van der Waals surface area contributed by atoms with Crippen LogP contribution in [0.25, 0.3) is 11.5 Å². The highest BCUT2D eigenvalue weighted by Gasteiger charge is 2.18. The molecule has 0 amide bonds. The van der Waals surface area contributed by atoms with Gasteiger partial charge in [0.05, 0.1) is 12.3 Å². The third-order valence-corrected chi connectivity index (χ3v) is 6.31. The Labute approximate surface area is 232 Å². The van der Waals surface area contributed by atoms with Crippen molar-refractivity contribution in [3.8, 4) is 17.2 Å². The van der Waals surface area contributed by atoms with Crippen molar-refractivity contribution >= 4 is 23.4 Å². The molecule has 0 unspecified atom stereocenters. The molecule has 200 valence electrons. The number of carbonyl (C=O) groups excluding carboxylic acids is 1. The number of benzene rings is 3. The molecule has 0 aliphatic rings. The van der Waals surface area contributed by atoms with Crippen LogP contribution in [0.1, 0.15) is 34.3 Å². The van der Waals surface area contributed by atoms with E-state index in [1.54, 1.807) is 31.2 Å². The molecule has 0 saturated heterocycles. The molecule has 1 heterocycles. The predicted molar refractivity (Wildman–Crippen MR) is 150 cm³/mol. The lowest BCUT2D eigenvalue weighted by Gasteiger charge is -2.16. The summed E-state index contributed by atoms with van der Waals surface area (Å²) in [6, 6.07) is 22.6. The van der Waals surface area contributed by atoms with Crippen LogP contribution in [0.3, 0.4) is 0 Å². The van der Waals surface area contributed by atoms with Gasteiger partial charge in [-0.2, -0.15) is 0 Å². The number of halogens is 1. The number of nitrogens with zero attached hydrogens (tertiary/aromatic N) is 1. The molecule has 0 radical (unpaired) electrons. The largest absolute Gasteiger partial charge is 0.493 e. The first-order valence-corrected chi connectivity index (χ1v) is 12.9. The van der Waals surface area contributed by atoms with Crippen molar-refractivity contribution in [3.63, 3.8) is 0 Å². The van der Waals surface area contributed by atoms with Crippen LogP contribution < -0.4 is 10.1 Å². The van der Waals surface area contributed by atoms with Gasteiger partial charge < -0.3 is 19.6 Å². The number of ether oxygens (including phenoxy) is 1. The number of nitrogens with one attached hydrogen (secondary N) is 1. The Morgan fingerprint density at radius 2 is 1.74 bits per heavy atom. The smallest absolute Gasteiger partial charge is 0.326 e. The van der Waals surface area contributed by atoms with E-state index >= 15 is 0 Å². The Kier molecular flexibility index (Phi) is 9.18. The zero-order valence-electron chi connectivity index (χ0n) is 21.7. The van der Waals surface area contributed by atoms with Gasteiger partial charge in [-0.15, -0.1) is 0 Å². The van der Waals surface area contributed by atoms with E-state index in [4.69, 9.17) is 20.8 Å². The molecule has 0 spiro atoms. The first-order chi connectivity index (χ1) is 18.8. The number of ketones is 1. The molecule has 7 nitrogen and oxygen atoms in total. The van der Waals surface area contributed by atoms with Gasteiger partial charge in [0.1, 0.15) is 17.6 Å². The number of aliphatic carboxylic acids is 1. The van der Waals surface area contributed by atoms with E-state index in [9.17, 15) is 14.7 Å². The zero-order valence-corrected chi connectivity index (χ0v) is 22.4. The molecule has 0 saturated carbocycles. The molecule has 0 bridgehead atoms. The maximum atomic E-state index is 12.4. The second-order valence-corrected chi connectivity index (χ2v) is 9.50. The van der Waals surface area contributed by atoms with E-state index in [2.05, 4.69) is 10.3 Å². The summed E-state index contributed by atoms with van der Waals surface area (Å²) in [6.45, 7) is 3.98. The fraction of sp³-hybridized carbons (Fsp3) is 0.194. The van der Waals surface area contributed by atoms with E-state index < -0.39 is 12.0 Å². The average Bonchev–Trinajstić information content (AvgIpc) is 3.30. The first kappa shape index (κ1) is 27.7. The summed E-state index contributed by atoms with van der Waals surface area (Å²) < 4.78 is 11.7. The highest BCUT2D eigenvalue weighted by Crippen LogP contribution is 2.22. The lowest BCUT2D eigenvalue weighted by Crippen LogP contribution is -2.37. The molecule has 4 rings (SSSR count). The van der Waals surface area contributed by atoms with Gasteiger partial charge >= 0.3 is 5.97 Å². The minimum absolute atomic E-state index is 0.232. The van der Waals surface area contributed by atoms with Crippen molar-refractivity contribution in [3.05, 3.63) is 118 Å². The third-order valence-electron chi connectivity index (χ3n) is 6.06. The van der Waals surface area contributed by atoms with Crippen LogP contribution in [-0.4, -0.2) is 34.5 Å². The Morgan fingerprint density at radius 3 is 2.41 bits per heavy atom. The van der Waals surface area contributed by atoms with Gasteiger partial charge in [-0.3, -0.25) is 4.79 Å².